The average Bonchev–Trinajstić information content (AvgIpc) is 2.25. The van der Waals surface area contributed by atoms with Crippen LogP contribution in [-0.2, 0) is 0 Å². The van der Waals surface area contributed by atoms with Gasteiger partial charge in [0.05, 0.1) is 0 Å². The van der Waals surface area contributed by atoms with Crippen LogP contribution in [0.4, 0.5) is 0 Å². The Kier molecular flexibility index (Phi) is 6.59. The Balaban J connectivity index is 3.20. The van der Waals surface area contributed by atoms with E-state index in [0.717, 1.165) is 11.5 Å². The zero-order chi connectivity index (χ0) is 14.6. The van der Waals surface area contributed by atoms with Gasteiger partial charge in [0, 0.05) is 10.7 Å². The molecule has 0 aromatic rings. The Morgan fingerprint density at radius 1 is 1.21 bits per heavy atom. The van der Waals surface area contributed by atoms with Gasteiger partial charge in [0.25, 0.3) is 0 Å². The molecule has 0 saturated heterocycles. The normalized spacial score (nSPS) is 21.8. The minimum Gasteiger partial charge on any atom is -0.178 e. The highest BCUT2D eigenvalue weighted by atomic mass is 32.2. The van der Waals surface area contributed by atoms with Gasteiger partial charge in [-0.2, -0.15) is 12.6 Å². The van der Waals surface area contributed by atoms with Gasteiger partial charge in [-0.05, 0) is 41.4 Å². The van der Waals surface area contributed by atoms with E-state index < -0.39 is 0 Å². The van der Waals surface area contributed by atoms with E-state index in [1.165, 1.54) is 12.8 Å². The summed E-state index contributed by atoms with van der Waals surface area (Å²) in [5.74, 6) is 3.35. The second-order valence-electron chi connectivity index (χ2n) is 7.03. The monoisotopic (exact) mass is 298 g/mol. The Morgan fingerprint density at radius 3 is 2.32 bits per heavy atom. The number of thiol groups is 1. The van der Waals surface area contributed by atoms with E-state index in [1.807, 2.05) is 11.8 Å². The molecule has 0 nitrogen and oxygen atoms in total. The van der Waals surface area contributed by atoms with E-state index in [2.05, 4.69) is 60.2 Å². The van der Waals surface area contributed by atoms with Crippen molar-refractivity contribution in [2.45, 2.75) is 54.4 Å². The molecule has 0 amide bonds. The second-order valence-corrected chi connectivity index (χ2v) is 8.59. The van der Waals surface area contributed by atoms with Gasteiger partial charge in [0.15, 0.2) is 0 Å². The molecule has 0 fully saturated rings. The molecule has 110 valence electrons. The maximum Gasteiger partial charge on any atom is 0.00962 e. The molecule has 0 bridgehead atoms. The summed E-state index contributed by atoms with van der Waals surface area (Å²) in [6, 6.07) is 0. The smallest absolute Gasteiger partial charge is 0.00962 e. The van der Waals surface area contributed by atoms with Crippen molar-refractivity contribution in [1.29, 1.82) is 0 Å². The van der Waals surface area contributed by atoms with Gasteiger partial charge in [-0.15, -0.1) is 11.8 Å². The SMILES string of the molecule is CC(C)/C=C1\CC(C)(C)CC(C(C)C)=C1SCCS. The van der Waals surface area contributed by atoms with Gasteiger partial charge in [0.2, 0.25) is 0 Å². The van der Waals surface area contributed by atoms with E-state index in [0.29, 0.717) is 17.3 Å². The van der Waals surface area contributed by atoms with Crippen LogP contribution >= 0.6 is 24.4 Å². The third-order valence-electron chi connectivity index (χ3n) is 3.49. The Bertz CT molecular complexity index is 359. The number of hydrogen-bond acceptors (Lipinski definition) is 2. The van der Waals surface area contributed by atoms with E-state index in [1.54, 1.807) is 16.1 Å². The molecular formula is C17H30S2. The highest BCUT2D eigenvalue weighted by Crippen LogP contribution is 2.48. The number of rotatable bonds is 5. The Labute approximate surface area is 129 Å². The fourth-order valence-corrected chi connectivity index (χ4v) is 4.18. The van der Waals surface area contributed by atoms with E-state index >= 15 is 0 Å². The molecule has 0 atom stereocenters. The van der Waals surface area contributed by atoms with E-state index in [-0.39, 0.29) is 0 Å². The predicted molar refractivity (Wildman–Crippen MR) is 94.1 cm³/mol. The average molecular weight is 299 g/mol. The molecule has 0 saturated carbocycles. The molecule has 0 aliphatic heterocycles. The van der Waals surface area contributed by atoms with Crippen LogP contribution in [0.15, 0.2) is 22.1 Å². The number of hydrogen-bond donors (Lipinski definition) is 1. The maximum atomic E-state index is 4.37. The first kappa shape index (κ1) is 17.2. The molecule has 2 heteroatoms. The van der Waals surface area contributed by atoms with Gasteiger partial charge in [-0.3, -0.25) is 0 Å². The standard InChI is InChI=1S/C17H30S2/c1-12(2)9-14-10-17(5,6)11-15(13(3)4)16(14)19-8-7-18/h9,12-13,18H,7-8,10-11H2,1-6H3/b14-9+. The van der Waals surface area contributed by atoms with E-state index in [4.69, 9.17) is 0 Å². The molecule has 0 heterocycles. The molecule has 0 unspecified atom stereocenters. The van der Waals surface area contributed by atoms with Crippen LogP contribution in [0.3, 0.4) is 0 Å². The first-order valence-electron chi connectivity index (χ1n) is 7.44. The summed E-state index contributed by atoms with van der Waals surface area (Å²) >= 11 is 6.39. The van der Waals surface area contributed by atoms with Gasteiger partial charge in [-0.25, -0.2) is 0 Å². The van der Waals surface area contributed by atoms with Crippen molar-refractivity contribution < 1.29 is 0 Å². The van der Waals surface area contributed by atoms with Crippen molar-refractivity contribution in [1.82, 2.24) is 0 Å². The lowest BCUT2D eigenvalue weighted by atomic mass is 9.72. The molecule has 1 aliphatic carbocycles. The molecule has 1 aliphatic rings. The zero-order valence-electron chi connectivity index (χ0n) is 13.4. The van der Waals surface area contributed by atoms with Crippen molar-refractivity contribution in [2.75, 3.05) is 11.5 Å². The molecule has 0 aromatic carbocycles. The molecule has 1 rings (SSSR count). The van der Waals surface area contributed by atoms with Crippen LogP contribution in [0.5, 0.6) is 0 Å². The predicted octanol–water partition coefficient (Wildman–Crippen LogP) is 5.96. The summed E-state index contributed by atoms with van der Waals surface area (Å²) in [7, 11) is 0. The molecular weight excluding hydrogens is 268 g/mol. The summed E-state index contributed by atoms with van der Waals surface area (Å²) in [4.78, 5) is 1.58. The maximum absolute atomic E-state index is 4.37. The molecule has 0 aromatic heterocycles. The number of thioether (sulfide) groups is 1. The van der Waals surface area contributed by atoms with Crippen LogP contribution in [0.1, 0.15) is 54.4 Å². The van der Waals surface area contributed by atoms with Crippen molar-refractivity contribution in [3.05, 3.63) is 22.1 Å². The summed E-state index contributed by atoms with van der Waals surface area (Å²) in [6.45, 7) is 14.1. The molecule has 0 spiro atoms. The molecule has 19 heavy (non-hydrogen) atoms. The summed E-state index contributed by atoms with van der Waals surface area (Å²) < 4.78 is 0. The van der Waals surface area contributed by atoms with Crippen LogP contribution in [0.2, 0.25) is 0 Å². The fraction of sp³-hybridized carbons (Fsp3) is 0.765. The lowest BCUT2D eigenvalue weighted by molar-refractivity contribution is 0.336. The highest BCUT2D eigenvalue weighted by molar-refractivity contribution is 8.03. The van der Waals surface area contributed by atoms with Gasteiger partial charge in [-0.1, -0.05) is 53.2 Å². The lowest BCUT2D eigenvalue weighted by Crippen LogP contribution is -2.22. The Morgan fingerprint density at radius 2 is 1.84 bits per heavy atom. The van der Waals surface area contributed by atoms with Crippen molar-refractivity contribution in [3.8, 4) is 0 Å². The minimum atomic E-state index is 0.408. The summed E-state index contributed by atoms with van der Waals surface area (Å²) in [6.07, 6.45) is 4.94. The van der Waals surface area contributed by atoms with E-state index in [9.17, 15) is 0 Å². The van der Waals surface area contributed by atoms with Crippen molar-refractivity contribution in [2.24, 2.45) is 17.3 Å². The van der Waals surface area contributed by atoms with Crippen molar-refractivity contribution >= 4 is 24.4 Å². The zero-order valence-corrected chi connectivity index (χ0v) is 15.1. The van der Waals surface area contributed by atoms with Crippen LogP contribution < -0.4 is 0 Å². The van der Waals surface area contributed by atoms with Crippen LogP contribution in [-0.4, -0.2) is 11.5 Å². The largest absolute Gasteiger partial charge is 0.178 e. The summed E-state index contributed by atoms with van der Waals surface area (Å²) in [5, 5.41) is 0. The van der Waals surface area contributed by atoms with Gasteiger partial charge < -0.3 is 0 Å². The first-order chi connectivity index (χ1) is 8.76. The fourth-order valence-electron chi connectivity index (χ4n) is 2.80. The quantitative estimate of drug-likeness (QED) is 0.611. The van der Waals surface area contributed by atoms with Gasteiger partial charge in [0.1, 0.15) is 0 Å². The molecule has 0 radical (unpaired) electrons. The number of allylic oxidation sites excluding steroid dienone is 3. The van der Waals surface area contributed by atoms with Crippen LogP contribution in [0.25, 0.3) is 0 Å². The minimum absolute atomic E-state index is 0.408. The summed E-state index contributed by atoms with van der Waals surface area (Å²) in [5.41, 5.74) is 3.66. The lowest BCUT2D eigenvalue weighted by Gasteiger charge is -2.37. The van der Waals surface area contributed by atoms with Gasteiger partial charge >= 0.3 is 0 Å². The molecule has 0 N–H and O–H groups in total. The topological polar surface area (TPSA) is 0 Å². The highest BCUT2D eigenvalue weighted by Gasteiger charge is 2.31. The third-order valence-corrected chi connectivity index (χ3v) is 5.24. The van der Waals surface area contributed by atoms with Crippen molar-refractivity contribution in [3.63, 3.8) is 0 Å². The first-order valence-corrected chi connectivity index (χ1v) is 9.06. The second kappa shape index (κ2) is 7.26. The van der Waals surface area contributed by atoms with Crippen LogP contribution in [0, 0.1) is 17.3 Å². The Hall–Kier alpha value is 0.180. The third kappa shape index (κ3) is 5.23.